The van der Waals surface area contributed by atoms with Crippen molar-refractivity contribution in [2.75, 3.05) is 18.8 Å². The molecule has 4 heteroatoms. The number of thiazole rings is 1. The molecular formula is C19H25N3S. The molecule has 5 rings (SSSR count). The van der Waals surface area contributed by atoms with Crippen LogP contribution < -0.4 is 5.73 Å². The number of hydrogen-bond acceptors (Lipinski definition) is 4. The van der Waals surface area contributed by atoms with Crippen LogP contribution in [0.1, 0.15) is 44.2 Å². The third-order valence-electron chi connectivity index (χ3n) is 6.83. The van der Waals surface area contributed by atoms with Crippen LogP contribution in [0.25, 0.3) is 10.2 Å². The van der Waals surface area contributed by atoms with Crippen molar-refractivity contribution >= 4 is 26.7 Å². The number of nitrogens with zero attached hydrogens (tertiary/aromatic N) is 2. The van der Waals surface area contributed by atoms with Crippen molar-refractivity contribution in [1.82, 2.24) is 9.88 Å². The second kappa shape index (κ2) is 4.70. The average Bonchev–Trinajstić information content (AvgIpc) is 3.24. The average molecular weight is 327 g/mol. The van der Waals surface area contributed by atoms with Gasteiger partial charge >= 0.3 is 0 Å². The maximum atomic E-state index is 5.94. The maximum absolute atomic E-state index is 5.94. The summed E-state index contributed by atoms with van der Waals surface area (Å²) in [5.74, 6) is 1.70. The Morgan fingerprint density at radius 2 is 2.22 bits per heavy atom. The highest BCUT2D eigenvalue weighted by atomic mass is 32.1. The zero-order chi connectivity index (χ0) is 15.8. The lowest BCUT2D eigenvalue weighted by atomic mass is 9.59. The highest BCUT2D eigenvalue weighted by Crippen LogP contribution is 2.50. The van der Waals surface area contributed by atoms with E-state index in [0.29, 0.717) is 16.6 Å². The quantitative estimate of drug-likeness (QED) is 0.912. The Bertz CT molecular complexity index is 778. The van der Waals surface area contributed by atoms with E-state index in [0.717, 1.165) is 17.4 Å². The number of fused-ring (bicyclic) bond motifs is 5. The smallest absolute Gasteiger partial charge is 0.181 e. The summed E-state index contributed by atoms with van der Waals surface area (Å²) >= 11 is 1.63. The van der Waals surface area contributed by atoms with Crippen molar-refractivity contribution in [1.29, 1.82) is 0 Å². The summed E-state index contributed by atoms with van der Waals surface area (Å²) in [4.78, 5) is 7.34. The standard InChI is InChI=1S/C19H25N3S/c1-11-16-7-13-8-17-15(21-18(20)23-17)9-14(13)19(11,2)5-6-22(16)10-12-3-4-12/h8-9,11-12,16H,3-7,10H2,1-2H3,(H2,20,21)/t11-,16+,19+/m0/s1. The van der Waals surface area contributed by atoms with Crippen LogP contribution in [0.5, 0.6) is 0 Å². The second-order valence-corrected chi connectivity index (χ2v) is 9.26. The highest BCUT2D eigenvalue weighted by molar-refractivity contribution is 7.22. The summed E-state index contributed by atoms with van der Waals surface area (Å²) in [6, 6.07) is 5.45. The van der Waals surface area contributed by atoms with Crippen LogP contribution in [0.3, 0.4) is 0 Å². The van der Waals surface area contributed by atoms with Crippen LogP contribution in [0.4, 0.5) is 5.13 Å². The Morgan fingerprint density at radius 1 is 1.39 bits per heavy atom. The minimum atomic E-state index is 0.296. The molecule has 1 saturated heterocycles. The first-order valence-electron chi connectivity index (χ1n) is 8.98. The first kappa shape index (κ1) is 14.2. The molecular weight excluding hydrogens is 302 g/mol. The topological polar surface area (TPSA) is 42.1 Å². The van der Waals surface area contributed by atoms with Gasteiger partial charge in [0.25, 0.3) is 0 Å². The van der Waals surface area contributed by atoms with E-state index in [2.05, 4.69) is 35.9 Å². The molecule has 2 bridgehead atoms. The molecule has 1 aromatic heterocycles. The molecule has 1 aliphatic heterocycles. The monoisotopic (exact) mass is 327 g/mol. The van der Waals surface area contributed by atoms with Crippen molar-refractivity contribution in [3.05, 3.63) is 23.3 Å². The van der Waals surface area contributed by atoms with Crippen LogP contribution in [-0.4, -0.2) is 29.0 Å². The third kappa shape index (κ3) is 2.07. The van der Waals surface area contributed by atoms with Gasteiger partial charge in [0.15, 0.2) is 5.13 Å². The molecule has 3 atom stereocenters. The van der Waals surface area contributed by atoms with Gasteiger partial charge in [0.1, 0.15) is 0 Å². The molecule has 122 valence electrons. The van der Waals surface area contributed by atoms with Gasteiger partial charge in [-0.05, 0) is 72.7 Å². The predicted octanol–water partition coefficient (Wildman–Crippen LogP) is 3.81. The van der Waals surface area contributed by atoms with E-state index in [1.165, 1.54) is 43.5 Å². The minimum absolute atomic E-state index is 0.296. The molecule has 0 spiro atoms. The molecule has 2 fully saturated rings. The normalized spacial score (nSPS) is 33.8. The van der Waals surface area contributed by atoms with Crippen LogP contribution in [0, 0.1) is 11.8 Å². The van der Waals surface area contributed by atoms with Gasteiger partial charge < -0.3 is 5.73 Å². The molecule has 1 aromatic carbocycles. The van der Waals surface area contributed by atoms with Crippen LogP contribution in [0.15, 0.2) is 12.1 Å². The summed E-state index contributed by atoms with van der Waals surface area (Å²) in [6.07, 6.45) is 5.38. The zero-order valence-electron chi connectivity index (χ0n) is 14.0. The van der Waals surface area contributed by atoms with E-state index < -0.39 is 0 Å². The number of hydrogen-bond donors (Lipinski definition) is 1. The molecule has 23 heavy (non-hydrogen) atoms. The Labute approximate surface area is 141 Å². The van der Waals surface area contributed by atoms with Gasteiger partial charge in [0, 0.05) is 12.6 Å². The van der Waals surface area contributed by atoms with E-state index in [9.17, 15) is 0 Å². The summed E-state index contributed by atoms with van der Waals surface area (Å²) < 4.78 is 1.26. The zero-order valence-corrected chi connectivity index (χ0v) is 14.8. The fraction of sp³-hybridized carbons (Fsp3) is 0.632. The minimum Gasteiger partial charge on any atom is -0.375 e. The Morgan fingerprint density at radius 3 is 3.00 bits per heavy atom. The van der Waals surface area contributed by atoms with Crippen LogP contribution in [-0.2, 0) is 11.8 Å². The summed E-state index contributed by atoms with van der Waals surface area (Å²) in [7, 11) is 0. The summed E-state index contributed by atoms with van der Waals surface area (Å²) in [5, 5.41) is 0.693. The lowest BCUT2D eigenvalue weighted by Crippen LogP contribution is -2.58. The number of aromatic nitrogens is 1. The van der Waals surface area contributed by atoms with Crippen molar-refractivity contribution in [2.24, 2.45) is 11.8 Å². The Kier molecular flexibility index (Phi) is 2.91. The molecule has 2 aromatic rings. The Hall–Kier alpha value is -1.13. The van der Waals surface area contributed by atoms with E-state index in [1.54, 1.807) is 22.5 Å². The van der Waals surface area contributed by atoms with E-state index in [-0.39, 0.29) is 0 Å². The van der Waals surface area contributed by atoms with Crippen LogP contribution in [0.2, 0.25) is 0 Å². The number of anilines is 1. The number of rotatable bonds is 2. The largest absolute Gasteiger partial charge is 0.375 e. The van der Waals surface area contributed by atoms with Crippen LogP contribution >= 0.6 is 11.3 Å². The maximum Gasteiger partial charge on any atom is 0.181 e. The number of likely N-dealkylation sites (tertiary alicyclic amines) is 1. The van der Waals surface area contributed by atoms with E-state index in [4.69, 9.17) is 5.73 Å². The molecule has 3 nitrogen and oxygen atoms in total. The molecule has 2 heterocycles. The summed E-state index contributed by atoms with van der Waals surface area (Å²) in [5.41, 5.74) is 10.4. The lowest BCUT2D eigenvalue weighted by molar-refractivity contribution is 0.0285. The first-order valence-corrected chi connectivity index (χ1v) is 9.80. The SMILES string of the molecule is C[C@H]1[C@H]2Cc3cc4sc(N)nc4cc3[C@]1(C)CCN2CC1CC1. The third-order valence-corrected chi connectivity index (χ3v) is 7.68. The van der Waals surface area contributed by atoms with Gasteiger partial charge in [0.2, 0.25) is 0 Å². The predicted molar refractivity (Wildman–Crippen MR) is 97.0 cm³/mol. The molecule has 0 unspecified atom stereocenters. The van der Waals surface area contributed by atoms with Gasteiger partial charge in [-0.2, -0.15) is 0 Å². The lowest BCUT2D eigenvalue weighted by Gasteiger charge is -2.54. The molecule has 2 N–H and O–H groups in total. The number of nitrogen functional groups attached to an aromatic ring is 1. The van der Waals surface area contributed by atoms with Crippen molar-refractivity contribution in [2.45, 2.75) is 51.0 Å². The molecule has 2 aliphatic carbocycles. The second-order valence-electron chi connectivity index (χ2n) is 8.20. The summed E-state index contributed by atoms with van der Waals surface area (Å²) in [6.45, 7) is 7.56. The highest BCUT2D eigenvalue weighted by Gasteiger charge is 2.49. The fourth-order valence-electron chi connectivity index (χ4n) is 5.01. The van der Waals surface area contributed by atoms with Gasteiger partial charge in [-0.15, -0.1) is 0 Å². The number of benzene rings is 1. The van der Waals surface area contributed by atoms with Gasteiger partial charge in [-0.1, -0.05) is 25.2 Å². The Balaban J connectivity index is 1.60. The molecule has 1 saturated carbocycles. The fourth-order valence-corrected chi connectivity index (χ4v) is 5.79. The number of nitrogens with two attached hydrogens (primary N) is 1. The van der Waals surface area contributed by atoms with Gasteiger partial charge in [-0.3, -0.25) is 4.90 Å². The number of piperidine rings is 1. The van der Waals surface area contributed by atoms with Crippen molar-refractivity contribution < 1.29 is 0 Å². The molecule has 0 radical (unpaired) electrons. The molecule has 0 amide bonds. The van der Waals surface area contributed by atoms with Crippen molar-refractivity contribution in [3.63, 3.8) is 0 Å². The first-order chi connectivity index (χ1) is 11.0. The van der Waals surface area contributed by atoms with Gasteiger partial charge in [0.05, 0.1) is 10.2 Å². The van der Waals surface area contributed by atoms with Gasteiger partial charge in [-0.25, -0.2) is 4.98 Å². The van der Waals surface area contributed by atoms with E-state index in [1.807, 2.05) is 0 Å². The van der Waals surface area contributed by atoms with Crippen molar-refractivity contribution in [3.8, 4) is 0 Å². The molecule has 3 aliphatic rings. The van der Waals surface area contributed by atoms with E-state index >= 15 is 0 Å².